The average Bonchev–Trinajstić information content (AvgIpc) is 2.70. The number of rotatable bonds is 2. The molecule has 5 heteroatoms. The predicted molar refractivity (Wildman–Crippen MR) is 58.4 cm³/mol. The molecule has 1 heterocycles. The summed E-state index contributed by atoms with van der Waals surface area (Å²) in [5.41, 5.74) is 6.50. The molecule has 0 spiro atoms. The highest BCUT2D eigenvalue weighted by Gasteiger charge is 2.15. The number of hydrogen-bond acceptors (Lipinski definition) is 4. The van der Waals surface area contributed by atoms with Crippen molar-refractivity contribution in [2.45, 2.75) is 0 Å². The maximum atomic E-state index is 11.1. The molecule has 0 radical (unpaired) electrons. The fraction of sp³-hybridized carbons (Fsp3) is 0.111. The molecule has 4 nitrogen and oxygen atoms in total. The molecule has 72 valence electrons. The first-order valence-corrected chi connectivity index (χ1v) is 5.07. The van der Waals surface area contributed by atoms with Gasteiger partial charge in [0.25, 0.3) is 5.91 Å². The highest BCUT2D eigenvalue weighted by Crippen LogP contribution is 2.28. The molecule has 2 N–H and O–H groups in total. The quantitative estimate of drug-likeness (QED) is 0.742. The van der Waals surface area contributed by atoms with Crippen LogP contribution in [0.1, 0.15) is 10.4 Å². The molecule has 1 aliphatic rings. The van der Waals surface area contributed by atoms with Gasteiger partial charge >= 0.3 is 0 Å². The van der Waals surface area contributed by atoms with Crippen LogP contribution in [0.25, 0.3) is 0 Å². The minimum atomic E-state index is -0.427. The minimum Gasteiger partial charge on any atom is -0.366 e. The summed E-state index contributed by atoms with van der Waals surface area (Å²) in [6.07, 6.45) is 1.79. The van der Waals surface area contributed by atoms with Crippen molar-refractivity contribution < 1.29 is 4.79 Å². The van der Waals surface area contributed by atoms with E-state index < -0.39 is 5.91 Å². The van der Waals surface area contributed by atoms with Gasteiger partial charge in [-0.25, -0.2) is 4.41 Å². The molecule has 1 amide bonds. The van der Waals surface area contributed by atoms with Gasteiger partial charge in [0.05, 0.1) is 17.0 Å². The predicted octanol–water partition coefficient (Wildman–Crippen LogP) is 1.24. The zero-order chi connectivity index (χ0) is 9.97. The zero-order valence-electron chi connectivity index (χ0n) is 7.38. The van der Waals surface area contributed by atoms with E-state index in [4.69, 9.17) is 5.73 Å². The largest absolute Gasteiger partial charge is 0.366 e. The molecule has 1 aromatic carbocycles. The van der Waals surface area contributed by atoms with Crippen molar-refractivity contribution in [3.63, 3.8) is 0 Å². The summed E-state index contributed by atoms with van der Waals surface area (Å²) in [5, 5.41) is 4.11. The Balaban J connectivity index is 2.40. The highest BCUT2D eigenvalue weighted by molar-refractivity contribution is 8.01. The van der Waals surface area contributed by atoms with Crippen LogP contribution in [0.15, 0.2) is 29.4 Å². The van der Waals surface area contributed by atoms with E-state index in [9.17, 15) is 4.79 Å². The number of carbonyl (C=O) groups is 1. The summed E-state index contributed by atoms with van der Waals surface area (Å²) in [7, 11) is 0. The fourth-order valence-corrected chi connectivity index (χ4v) is 1.93. The summed E-state index contributed by atoms with van der Waals surface area (Å²) >= 11 is 1.53. The van der Waals surface area contributed by atoms with Gasteiger partial charge in [-0.3, -0.25) is 4.79 Å². The van der Waals surface area contributed by atoms with Crippen LogP contribution in [0.2, 0.25) is 0 Å². The topological polar surface area (TPSA) is 58.7 Å². The van der Waals surface area contributed by atoms with E-state index in [1.807, 2.05) is 12.1 Å². The lowest BCUT2D eigenvalue weighted by atomic mass is 10.2. The Kier molecular flexibility index (Phi) is 2.41. The molecule has 0 aromatic heterocycles. The van der Waals surface area contributed by atoms with Crippen LogP contribution >= 0.6 is 11.9 Å². The third kappa shape index (κ3) is 1.58. The molecular formula is C9H9N3OS. The van der Waals surface area contributed by atoms with E-state index in [0.29, 0.717) is 5.56 Å². The Morgan fingerprint density at radius 2 is 2.29 bits per heavy atom. The molecule has 0 fully saturated rings. The lowest BCUT2D eigenvalue weighted by molar-refractivity contribution is 0.100. The van der Waals surface area contributed by atoms with Gasteiger partial charge in [-0.05, 0) is 24.1 Å². The number of nitrogens with two attached hydrogens (primary N) is 1. The Morgan fingerprint density at radius 1 is 1.50 bits per heavy atom. The lowest BCUT2D eigenvalue weighted by Crippen LogP contribution is -2.15. The monoisotopic (exact) mass is 207 g/mol. The zero-order valence-corrected chi connectivity index (χ0v) is 8.20. The number of amides is 1. The number of primary amides is 1. The maximum Gasteiger partial charge on any atom is 0.250 e. The second kappa shape index (κ2) is 3.71. The molecular weight excluding hydrogens is 198 g/mol. The molecule has 0 aliphatic carbocycles. The molecule has 0 bridgehead atoms. The van der Waals surface area contributed by atoms with Gasteiger partial charge in [0.1, 0.15) is 0 Å². The van der Waals surface area contributed by atoms with Gasteiger partial charge < -0.3 is 5.73 Å². The van der Waals surface area contributed by atoms with E-state index >= 15 is 0 Å². The molecule has 0 saturated heterocycles. The van der Waals surface area contributed by atoms with Crippen molar-refractivity contribution in [1.82, 2.24) is 0 Å². The smallest absolute Gasteiger partial charge is 0.250 e. The van der Waals surface area contributed by atoms with E-state index in [-0.39, 0.29) is 0 Å². The average molecular weight is 207 g/mol. The van der Waals surface area contributed by atoms with E-state index in [0.717, 1.165) is 11.4 Å². The van der Waals surface area contributed by atoms with Crippen LogP contribution < -0.4 is 10.1 Å². The van der Waals surface area contributed by atoms with Crippen molar-refractivity contribution in [3.05, 3.63) is 29.8 Å². The number of carbonyl (C=O) groups excluding carboxylic acids is 1. The summed E-state index contributed by atoms with van der Waals surface area (Å²) in [4.78, 5) is 11.1. The third-order valence-corrected chi connectivity index (χ3v) is 2.67. The van der Waals surface area contributed by atoms with Crippen LogP contribution in [0.3, 0.4) is 0 Å². The van der Waals surface area contributed by atoms with Gasteiger partial charge in [0, 0.05) is 6.21 Å². The number of nitrogens with zero attached hydrogens (tertiary/aromatic N) is 2. The minimum absolute atomic E-state index is 0.427. The van der Waals surface area contributed by atoms with Crippen LogP contribution in [0.5, 0.6) is 0 Å². The summed E-state index contributed by atoms with van der Waals surface area (Å²) < 4.78 is 1.71. The molecule has 0 atom stereocenters. The Morgan fingerprint density at radius 3 is 2.93 bits per heavy atom. The maximum absolute atomic E-state index is 11.1. The molecule has 1 aromatic rings. The van der Waals surface area contributed by atoms with Crippen LogP contribution in [-0.4, -0.2) is 17.9 Å². The van der Waals surface area contributed by atoms with Crippen LogP contribution in [0, 0.1) is 0 Å². The van der Waals surface area contributed by atoms with Crippen LogP contribution in [-0.2, 0) is 0 Å². The SMILES string of the molecule is NC(=O)c1ccccc1N1N=CCS1. The van der Waals surface area contributed by atoms with Gasteiger partial charge in [0.2, 0.25) is 0 Å². The summed E-state index contributed by atoms with van der Waals surface area (Å²) in [6.45, 7) is 0. The Labute approximate surface area is 85.9 Å². The number of hydrogen-bond donors (Lipinski definition) is 1. The van der Waals surface area contributed by atoms with Crippen LogP contribution in [0.4, 0.5) is 5.69 Å². The standard InChI is InChI=1S/C9H9N3OS/c10-9(13)7-3-1-2-4-8(7)12-11-5-6-14-12/h1-5H,6H2,(H2,10,13). The van der Waals surface area contributed by atoms with Crippen molar-refractivity contribution >= 4 is 29.8 Å². The summed E-state index contributed by atoms with van der Waals surface area (Å²) in [6, 6.07) is 7.17. The first kappa shape index (κ1) is 9.08. The molecule has 0 unspecified atom stereocenters. The Bertz CT molecular complexity index is 391. The molecule has 2 rings (SSSR count). The van der Waals surface area contributed by atoms with E-state index in [1.54, 1.807) is 22.8 Å². The molecule has 0 saturated carbocycles. The second-order valence-corrected chi connectivity index (χ2v) is 3.69. The van der Waals surface area contributed by atoms with Gasteiger partial charge in [-0.15, -0.1) is 0 Å². The van der Waals surface area contributed by atoms with E-state index in [1.165, 1.54) is 11.9 Å². The highest BCUT2D eigenvalue weighted by atomic mass is 32.2. The van der Waals surface area contributed by atoms with Crippen molar-refractivity contribution in [2.75, 3.05) is 10.2 Å². The van der Waals surface area contributed by atoms with Crippen molar-refractivity contribution in [1.29, 1.82) is 0 Å². The first-order valence-electron chi connectivity index (χ1n) is 4.13. The Hall–Kier alpha value is -1.49. The molecule has 1 aliphatic heterocycles. The van der Waals surface area contributed by atoms with Crippen molar-refractivity contribution in [3.8, 4) is 0 Å². The second-order valence-electron chi connectivity index (χ2n) is 2.75. The van der Waals surface area contributed by atoms with Gasteiger partial charge in [0.15, 0.2) is 0 Å². The number of para-hydroxylation sites is 1. The van der Waals surface area contributed by atoms with Gasteiger partial charge in [-0.1, -0.05) is 12.1 Å². The number of anilines is 1. The first-order chi connectivity index (χ1) is 6.79. The fourth-order valence-electron chi connectivity index (χ4n) is 1.23. The van der Waals surface area contributed by atoms with Gasteiger partial charge in [-0.2, -0.15) is 5.10 Å². The summed E-state index contributed by atoms with van der Waals surface area (Å²) in [5.74, 6) is 0.399. The third-order valence-electron chi connectivity index (χ3n) is 1.83. The normalized spacial score (nSPS) is 14.7. The number of hydrazone groups is 1. The van der Waals surface area contributed by atoms with E-state index in [2.05, 4.69) is 5.10 Å². The number of benzene rings is 1. The molecule has 14 heavy (non-hydrogen) atoms. The van der Waals surface area contributed by atoms with Crippen molar-refractivity contribution in [2.24, 2.45) is 10.8 Å². The lowest BCUT2D eigenvalue weighted by Gasteiger charge is -2.14.